The van der Waals surface area contributed by atoms with Gasteiger partial charge < -0.3 is 5.32 Å². The molecule has 1 N–H and O–H groups in total. The van der Waals surface area contributed by atoms with Crippen molar-refractivity contribution in [2.75, 3.05) is 0 Å². The molecule has 0 saturated carbocycles. The lowest BCUT2D eigenvalue weighted by Gasteiger charge is -2.09. The molecular formula is C21H21N3O. The topological polar surface area (TPSA) is 53.8 Å². The van der Waals surface area contributed by atoms with E-state index >= 15 is 0 Å². The van der Waals surface area contributed by atoms with Crippen molar-refractivity contribution in [3.05, 3.63) is 60.2 Å². The summed E-state index contributed by atoms with van der Waals surface area (Å²) in [5.41, 5.74) is 3.05. The molecule has 1 amide bonds. The van der Waals surface area contributed by atoms with Crippen molar-refractivity contribution in [2.45, 2.75) is 37.9 Å². The Kier molecular flexibility index (Phi) is 5.25. The van der Waals surface area contributed by atoms with Crippen molar-refractivity contribution >= 4 is 5.91 Å². The van der Waals surface area contributed by atoms with Crippen LogP contribution in [-0.2, 0) is 11.3 Å². The van der Waals surface area contributed by atoms with Crippen molar-refractivity contribution < 1.29 is 4.79 Å². The quantitative estimate of drug-likeness (QED) is 0.719. The molecule has 0 spiro atoms. The maximum Gasteiger partial charge on any atom is 0.220 e. The van der Waals surface area contributed by atoms with Crippen LogP contribution in [0.25, 0.3) is 11.1 Å². The zero-order chi connectivity index (χ0) is 17.5. The lowest BCUT2D eigenvalue weighted by molar-refractivity contribution is -0.121. The highest BCUT2D eigenvalue weighted by molar-refractivity contribution is 5.76. The number of carbonyl (C=O) groups is 1. The van der Waals surface area contributed by atoms with E-state index in [4.69, 9.17) is 6.42 Å². The van der Waals surface area contributed by atoms with E-state index in [0.717, 1.165) is 12.0 Å². The second kappa shape index (κ2) is 7.76. The summed E-state index contributed by atoms with van der Waals surface area (Å²) in [6.45, 7) is 0.527. The molecule has 2 aromatic carbocycles. The van der Waals surface area contributed by atoms with Crippen LogP contribution in [0, 0.1) is 12.3 Å². The average Bonchev–Trinajstić information content (AvgIpc) is 3.44. The molecule has 3 rings (SSSR count). The van der Waals surface area contributed by atoms with Crippen LogP contribution in [0.15, 0.2) is 64.8 Å². The number of carbonyl (C=O) groups excluding carboxylic acids is 1. The van der Waals surface area contributed by atoms with Gasteiger partial charge in [0.2, 0.25) is 5.91 Å². The van der Waals surface area contributed by atoms with E-state index in [-0.39, 0.29) is 11.6 Å². The Morgan fingerprint density at radius 3 is 2.32 bits per heavy atom. The second-order valence-corrected chi connectivity index (χ2v) is 6.23. The number of benzene rings is 2. The molecule has 0 radical (unpaired) electrons. The highest BCUT2D eigenvalue weighted by Crippen LogP contribution is 2.37. The van der Waals surface area contributed by atoms with Crippen LogP contribution in [-0.4, -0.2) is 11.6 Å². The standard InChI is InChI=1S/C21H21N3O/c1-2-3-14-21(23-24-21)15-13-20(25)22-16-17-9-11-19(12-10-17)18-7-5-4-6-8-18/h1,4-12H,3,13-16H2,(H,22,25). The lowest BCUT2D eigenvalue weighted by atomic mass is 10.0. The summed E-state index contributed by atoms with van der Waals surface area (Å²) in [5.74, 6) is 2.61. The summed E-state index contributed by atoms with van der Waals surface area (Å²) in [6, 6.07) is 18.5. The summed E-state index contributed by atoms with van der Waals surface area (Å²) < 4.78 is 0. The van der Waals surface area contributed by atoms with Crippen LogP contribution < -0.4 is 5.32 Å². The molecule has 0 aromatic heterocycles. The molecule has 1 aliphatic rings. The minimum atomic E-state index is -0.388. The van der Waals surface area contributed by atoms with Gasteiger partial charge in [0, 0.05) is 32.2 Å². The number of nitrogens with one attached hydrogen (secondary N) is 1. The van der Waals surface area contributed by atoms with E-state index in [0.29, 0.717) is 25.8 Å². The van der Waals surface area contributed by atoms with Crippen LogP contribution in [0.1, 0.15) is 31.2 Å². The molecule has 0 fully saturated rings. The minimum Gasteiger partial charge on any atom is -0.352 e. The van der Waals surface area contributed by atoms with Crippen molar-refractivity contribution in [3.63, 3.8) is 0 Å². The van der Waals surface area contributed by atoms with Gasteiger partial charge in [0.15, 0.2) is 5.66 Å². The van der Waals surface area contributed by atoms with E-state index in [1.807, 2.05) is 30.3 Å². The fourth-order valence-electron chi connectivity index (χ4n) is 2.72. The van der Waals surface area contributed by atoms with Crippen LogP contribution in [0.3, 0.4) is 0 Å². The largest absolute Gasteiger partial charge is 0.352 e. The highest BCUT2D eigenvalue weighted by atomic mass is 16.1. The van der Waals surface area contributed by atoms with Gasteiger partial charge >= 0.3 is 0 Å². The van der Waals surface area contributed by atoms with Gasteiger partial charge in [-0.1, -0.05) is 54.6 Å². The molecular weight excluding hydrogens is 310 g/mol. The Bertz CT molecular complexity index is 782. The summed E-state index contributed by atoms with van der Waals surface area (Å²) in [5, 5.41) is 11.1. The third kappa shape index (κ3) is 4.77. The van der Waals surface area contributed by atoms with E-state index < -0.39 is 0 Å². The zero-order valence-electron chi connectivity index (χ0n) is 14.1. The number of hydrogen-bond donors (Lipinski definition) is 1. The van der Waals surface area contributed by atoms with Gasteiger partial charge in [0.1, 0.15) is 0 Å². The van der Waals surface area contributed by atoms with Gasteiger partial charge in [-0.15, -0.1) is 12.3 Å². The molecule has 0 unspecified atom stereocenters. The first-order valence-electron chi connectivity index (χ1n) is 8.49. The Hall–Kier alpha value is -2.93. The second-order valence-electron chi connectivity index (χ2n) is 6.23. The molecule has 0 bridgehead atoms. The van der Waals surface area contributed by atoms with Crippen LogP contribution in [0.2, 0.25) is 0 Å². The van der Waals surface area contributed by atoms with Crippen molar-refractivity contribution in [3.8, 4) is 23.5 Å². The van der Waals surface area contributed by atoms with Crippen LogP contribution in [0.4, 0.5) is 0 Å². The van der Waals surface area contributed by atoms with E-state index in [9.17, 15) is 4.79 Å². The van der Waals surface area contributed by atoms with E-state index in [1.165, 1.54) is 11.1 Å². The van der Waals surface area contributed by atoms with Gasteiger partial charge in [-0.3, -0.25) is 4.79 Å². The molecule has 0 aliphatic carbocycles. The number of amides is 1. The number of rotatable bonds is 8. The first-order valence-corrected chi connectivity index (χ1v) is 8.49. The van der Waals surface area contributed by atoms with Gasteiger partial charge in [0.05, 0.1) is 0 Å². The third-order valence-electron chi connectivity index (χ3n) is 4.36. The minimum absolute atomic E-state index is 0.0181. The Morgan fingerprint density at radius 1 is 1.00 bits per heavy atom. The predicted molar refractivity (Wildman–Crippen MR) is 98.6 cm³/mol. The molecule has 1 aliphatic heterocycles. The maximum absolute atomic E-state index is 12.0. The number of hydrogen-bond acceptors (Lipinski definition) is 3. The molecule has 4 heteroatoms. The molecule has 0 saturated heterocycles. The summed E-state index contributed by atoms with van der Waals surface area (Å²) in [7, 11) is 0. The van der Waals surface area contributed by atoms with Gasteiger partial charge in [-0.05, 0) is 16.7 Å². The average molecular weight is 331 g/mol. The van der Waals surface area contributed by atoms with Crippen molar-refractivity contribution in [1.82, 2.24) is 5.32 Å². The van der Waals surface area contributed by atoms with Crippen molar-refractivity contribution in [2.24, 2.45) is 10.2 Å². The summed E-state index contributed by atoms with van der Waals surface area (Å²) >= 11 is 0. The maximum atomic E-state index is 12.0. The molecule has 0 atom stereocenters. The van der Waals surface area contributed by atoms with Gasteiger partial charge in [-0.25, -0.2) is 0 Å². The smallest absolute Gasteiger partial charge is 0.220 e. The third-order valence-corrected chi connectivity index (χ3v) is 4.36. The molecule has 126 valence electrons. The molecule has 4 nitrogen and oxygen atoms in total. The molecule has 25 heavy (non-hydrogen) atoms. The van der Waals surface area contributed by atoms with Gasteiger partial charge in [0.25, 0.3) is 0 Å². The van der Waals surface area contributed by atoms with Crippen molar-refractivity contribution in [1.29, 1.82) is 0 Å². The fourth-order valence-corrected chi connectivity index (χ4v) is 2.72. The molecule has 1 heterocycles. The summed E-state index contributed by atoms with van der Waals surface area (Å²) in [6.07, 6.45) is 7.69. The fraction of sp³-hybridized carbons (Fsp3) is 0.286. The zero-order valence-corrected chi connectivity index (χ0v) is 14.1. The first kappa shape index (κ1) is 16.9. The first-order chi connectivity index (χ1) is 12.2. The number of nitrogens with zero attached hydrogens (tertiary/aromatic N) is 2. The lowest BCUT2D eigenvalue weighted by Crippen LogP contribution is -2.24. The number of terminal acetylenes is 1. The predicted octanol–water partition coefficient (Wildman–Crippen LogP) is 4.33. The van der Waals surface area contributed by atoms with E-state index in [1.54, 1.807) is 0 Å². The highest BCUT2D eigenvalue weighted by Gasteiger charge is 2.39. The van der Waals surface area contributed by atoms with Crippen LogP contribution >= 0.6 is 0 Å². The Morgan fingerprint density at radius 2 is 1.68 bits per heavy atom. The van der Waals surface area contributed by atoms with Crippen LogP contribution in [0.5, 0.6) is 0 Å². The molecule has 2 aromatic rings. The Labute approximate surface area is 148 Å². The van der Waals surface area contributed by atoms with Gasteiger partial charge in [-0.2, -0.15) is 10.2 Å². The summed E-state index contributed by atoms with van der Waals surface area (Å²) in [4.78, 5) is 12.0. The van der Waals surface area contributed by atoms with E-state index in [2.05, 4.69) is 45.7 Å². The normalized spacial score (nSPS) is 13.9. The monoisotopic (exact) mass is 331 g/mol. The Balaban J connectivity index is 1.44. The SMILES string of the molecule is C#CCCC1(CCC(=O)NCc2ccc(-c3ccccc3)cc2)N=N1.